The van der Waals surface area contributed by atoms with Crippen molar-refractivity contribution >= 4 is 23.1 Å². The van der Waals surface area contributed by atoms with E-state index in [2.05, 4.69) is 22.4 Å². The van der Waals surface area contributed by atoms with Crippen LogP contribution in [0.5, 0.6) is 0 Å². The Kier molecular flexibility index (Phi) is 3.28. The number of nitro groups is 1. The van der Waals surface area contributed by atoms with Crippen molar-refractivity contribution in [2.45, 2.75) is 12.3 Å². The minimum absolute atomic E-state index is 0.0542. The smallest absolute Gasteiger partial charge is 0.276 e. The van der Waals surface area contributed by atoms with Gasteiger partial charge in [-0.25, -0.2) is 4.98 Å². The van der Waals surface area contributed by atoms with Gasteiger partial charge in [-0.2, -0.15) is 0 Å². The van der Waals surface area contributed by atoms with E-state index >= 15 is 0 Å². The fraction of sp³-hybridized carbons (Fsp3) is 0.214. The van der Waals surface area contributed by atoms with Crippen LogP contribution in [0.1, 0.15) is 17.0 Å². The number of hydrogen-bond acceptors (Lipinski definition) is 4. The second kappa shape index (κ2) is 5.09. The van der Waals surface area contributed by atoms with Crippen LogP contribution in [0.2, 0.25) is 5.15 Å². The van der Waals surface area contributed by atoms with Gasteiger partial charge in [0.2, 0.25) is 0 Å². The summed E-state index contributed by atoms with van der Waals surface area (Å²) in [7, 11) is 0. The third-order valence-electron chi connectivity index (χ3n) is 3.48. The quantitative estimate of drug-likeness (QED) is 0.532. The largest absolute Gasteiger partial charge is 0.369 e. The van der Waals surface area contributed by atoms with Crippen LogP contribution in [0, 0.1) is 10.1 Å². The molecular weight excluding hydrogens is 278 g/mol. The topological polar surface area (TPSA) is 68.1 Å². The second-order valence-electron chi connectivity index (χ2n) is 4.77. The molecule has 1 aromatic carbocycles. The van der Waals surface area contributed by atoms with Crippen molar-refractivity contribution in [3.63, 3.8) is 0 Å². The van der Waals surface area contributed by atoms with Crippen molar-refractivity contribution in [2.75, 3.05) is 11.9 Å². The molecule has 1 aliphatic rings. The number of pyridine rings is 1. The molecule has 0 saturated heterocycles. The second-order valence-corrected chi connectivity index (χ2v) is 5.16. The van der Waals surface area contributed by atoms with E-state index in [1.165, 1.54) is 23.3 Å². The molecule has 102 valence electrons. The first kappa shape index (κ1) is 12.9. The first-order valence-electron chi connectivity index (χ1n) is 6.27. The van der Waals surface area contributed by atoms with Gasteiger partial charge in [0.1, 0.15) is 11.0 Å². The lowest BCUT2D eigenvalue weighted by molar-refractivity contribution is -0.384. The molecule has 3 rings (SSSR count). The highest BCUT2D eigenvalue weighted by molar-refractivity contribution is 6.29. The molecule has 1 aromatic heterocycles. The molecule has 1 heterocycles. The third kappa shape index (κ3) is 2.44. The summed E-state index contributed by atoms with van der Waals surface area (Å²) < 4.78 is 0. The monoisotopic (exact) mass is 289 g/mol. The predicted molar refractivity (Wildman–Crippen MR) is 77.3 cm³/mol. The van der Waals surface area contributed by atoms with Crippen molar-refractivity contribution in [1.29, 1.82) is 0 Å². The molecule has 20 heavy (non-hydrogen) atoms. The molecule has 0 bridgehead atoms. The van der Waals surface area contributed by atoms with Crippen molar-refractivity contribution in [1.82, 2.24) is 4.98 Å². The molecule has 1 unspecified atom stereocenters. The lowest BCUT2D eigenvalue weighted by atomic mass is 9.77. The summed E-state index contributed by atoms with van der Waals surface area (Å²) in [6.45, 7) is 0.696. The average Bonchev–Trinajstić information content (AvgIpc) is 2.39. The van der Waals surface area contributed by atoms with Crippen LogP contribution in [-0.2, 0) is 6.42 Å². The van der Waals surface area contributed by atoms with E-state index in [0.717, 1.165) is 6.42 Å². The molecule has 6 heteroatoms. The van der Waals surface area contributed by atoms with Gasteiger partial charge in [-0.05, 0) is 17.5 Å². The Morgan fingerprint density at radius 1 is 1.40 bits per heavy atom. The van der Waals surface area contributed by atoms with E-state index in [0.29, 0.717) is 18.3 Å². The number of aromatic nitrogens is 1. The van der Waals surface area contributed by atoms with Gasteiger partial charge >= 0.3 is 0 Å². The fourth-order valence-corrected chi connectivity index (χ4v) is 2.65. The Morgan fingerprint density at radius 2 is 2.20 bits per heavy atom. The van der Waals surface area contributed by atoms with E-state index < -0.39 is 4.92 Å². The highest BCUT2D eigenvalue weighted by Gasteiger charge is 2.25. The lowest BCUT2D eigenvalue weighted by Crippen LogP contribution is -2.24. The molecule has 2 aromatic rings. The molecule has 0 radical (unpaired) electrons. The first-order chi connectivity index (χ1) is 9.63. The minimum Gasteiger partial charge on any atom is -0.369 e. The Balaban J connectivity index is 1.69. The number of hydrogen-bond donors (Lipinski definition) is 1. The highest BCUT2D eigenvalue weighted by atomic mass is 35.5. The predicted octanol–water partition coefficient (Wildman–Crippen LogP) is 3.40. The summed E-state index contributed by atoms with van der Waals surface area (Å²) >= 11 is 5.78. The molecule has 0 saturated carbocycles. The summed E-state index contributed by atoms with van der Waals surface area (Å²) in [5.74, 6) is 0.861. The van der Waals surface area contributed by atoms with E-state index in [1.54, 1.807) is 0 Å². The number of rotatable bonds is 4. The number of nitrogens with one attached hydrogen (secondary N) is 1. The molecule has 0 spiro atoms. The maximum atomic E-state index is 10.8. The van der Waals surface area contributed by atoms with Crippen molar-refractivity contribution in [3.8, 4) is 0 Å². The molecule has 1 N–H and O–H groups in total. The number of halogens is 1. The molecular formula is C14H12ClN3O2. The van der Waals surface area contributed by atoms with Gasteiger partial charge in [-0.3, -0.25) is 10.1 Å². The number of fused-ring (bicyclic) bond motifs is 1. The van der Waals surface area contributed by atoms with Gasteiger partial charge in [0.25, 0.3) is 5.69 Å². The summed E-state index contributed by atoms with van der Waals surface area (Å²) in [4.78, 5) is 14.3. The summed E-state index contributed by atoms with van der Waals surface area (Å²) in [6.07, 6.45) is 1.02. The van der Waals surface area contributed by atoms with Crippen LogP contribution in [-0.4, -0.2) is 16.5 Å². The van der Waals surface area contributed by atoms with Crippen LogP contribution in [0.3, 0.4) is 0 Å². The van der Waals surface area contributed by atoms with Gasteiger partial charge in [-0.15, -0.1) is 0 Å². The summed E-state index contributed by atoms with van der Waals surface area (Å²) in [5.41, 5.74) is 2.64. The minimum atomic E-state index is -0.475. The number of nitrogens with zero attached hydrogens (tertiary/aromatic N) is 2. The van der Waals surface area contributed by atoms with E-state index in [4.69, 9.17) is 11.6 Å². The SMILES string of the molecule is O=[N+]([O-])c1cc(Cl)nc(NCC2Cc3ccccc32)c1. The van der Waals surface area contributed by atoms with Crippen LogP contribution in [0.15, 0.2) is 36.4 Å². The van der Waals surface area contributed by atoms with Gasteiger partial charge in [-0.1, -0.05) is 35.9 Å². The molecule has 5 nitrogen and oxygen atoms in total. The first-order valence-corrected chi connectivity index (χ1v) is 6.65. The average molecular weight is 290 g/mol. The Hall–Kier alpha value is -2.14. The van der Waals surface area contributed by atoms with Crippen LogP contribution in [0.4, 0.5) is 11.5 Å². The Bertz CT molecular complexity index is 675. The van der Waals surface area contributed by atoms with Gasteiger partial charge in [0, 0.05) is 12.5 Å². The number of anilines is 1. The molecule has 0 aliphatic heterocycles. The Labute approximate surface area is 120 Å². The molecule has 0 amide bonds. The van der Waals surface area contributed by atoms with Crippen LogP contribution < -0.4 is 5.32 Å². The summed E-state index contributed by atoms with van der Waals surface area (Å²) in [5, 5.41) is 14.0. The standard InChI is InChI=1S/C14H12ClN3O2/c15-13-6-11(18(19)20)7-14(17-13)16-8-10-5-9-3-1-2-4-12(9)10/h1-4,6-7,10H,5,8H2,(H,16,17). The maximum absolute atomic E-state index is 10.8. The van der Waals surface area contributed by atoms with Crippen LogP contribution >= 0.6 is 11.6 Å². The highest BCUT2D eigenvalue weighted by Crippen LogP contribution is 2.34. The van der Waals surface area contributed by atoms with Crippen LogP contribution in [0.25, 0.3) is 0 Å². The summed E-state index contributed by atoms with van der Waals surface area (Å²) in [6, 6.07) is 10.9. The fourth-order valence-electron chi connectivity index (χ4n) is 2.45. The van der Waals surface area contributed by atoms with E-state index in [1.807, 2.05) is 12.1 Å². The zero-order valence-electron chi connectivity index (χ0n) is 10.5. The van der Waals surface area contributed by atoms with E-state index in [-0.39, 0.29) is 10.8 Å². The zero-order chi connectivity index (χ0) is 14.1. The van der Waals surface area contributed by atoms with Crippen molar-refractivity contribution < 1.29 is 4.92 Å². The third-order valence-corrected chi connectivity index (χ3v) is 3.67. The van der Waals surface area contributed by atoms with E-state index in [9.17, 15) is 10.1 Å². The zero-order valence-corrected chi connectivity index (χ0v) is 11.3. The molecule has 0 fully saturated rings. The lowest BCUT2D eigenvalue weighted by Gasteiger charge is -2.30. The maximum Gasteiger partial charge on any atom is 0.276 e. The van der Waals surface area contributed by atoms with Gasteiger partial charge in [0.05, 0.1) is 17.1 Å². The number of benzene rings is 1. The van der Waals surface area contributed by atoms with Crippen molar-refractivity contribution in [2.24, 2.45) is 0 Å². The normalized spacial score (nSPS) is 16.1. The molecule has 1 aliphatic carbocycles. The van der Waals surface area contributed by atoms with Gasteiger partial charge in [0.15, 0.2) is 0 Å². The Morgan fingerprint density at radius 3 is 2.95 bits per heavy atom. The van der Waals surface area contributed by atoms with Crippen molar-refractivity contribution in [3.05, 3.63) is 62.8 Å². The molecule has 1 atom stereocenters. The van der Waals surface area contributed by atoms with Gasteiger partial charge < -0.3 is 5.32 Å².